The molecule has 0 bridgehead atoms. The van der Waals surface area contributed by atoms with E-state index in [1.54, 1.807) is 0 Å². The molecule has 178 valence electrons. The quantitative estimate of drug-likeness (QED) is 0.198. The minimum Gasteiger partial charge on any atom is -0.477 e. The molecule has 0 heterocycles. The zero-order valence-corrected chi connectivity index (χ0v) is 20.0. The van der Waals surface area contributed by atoms with Gasteiger partial charge in [-0.1, -0.05) is 66.2 Å². The molecule has 1 fully saturated rings. The predicted molar refractivity (Wildman–Crippen MR) is 121 cm³/mol. The summed E-state index contributed by atoms with van der Waals surface area (Å²) in [4.78, 5) is 11.3. The van der Waals surface area contributed by atoms with Gasteiger partial charge < -0.3 is 20.1 Å². The number of rotatable bonds is 17. The Bertz CT molecular complexity index is 478. The summed E-state index contributed by atoms with van der Waals surface area (Å²) in [5.41, 5.74) is 0.420. The van der Waals surface area contributed by atoms with Gasteiger partial charge in [-0.3, -0.25) is 0 Å². The number of aliphatic carboxylic acids is 1. The van der Waals surface area contributed by atoms with E-state index in [9.17, 15) is 20.1 Å². The van der Waals surface area contributed by atoms with E-state index >= 15 is 0 Å². The molecule has 0 aromatic rings. The number of unbranched alkanes of at least 4 members (excludes halogenated alkanes) is 3. The molecule has 1 aliphatic rings. The second-order valence-electron chi connectivity index (χ2n) is 10.3. The summed E-state index contributed by atoms with van der Waals surface area (Å²) in [6.07, 6.45) is 13.6. The largest absolute Gasteiger partial charge is 0.477 e. The highest BCUT2D eigenvalue weighted by Crippen LogP contribution is 2.40. The first kappa shape index (κ1) is 27.4. The molecule has 0 spiro atoms. The van der Waals surface area contributed by atoms with Gasteiger partial charge in [-0.2, -0.15) is 0 Å². The molecule has 5 heteroatoms. The number of hydrogen-bond acceptors (Lipinski definition) is 4. The molecule has 0 radical (unpaired) electrons. The van der Waals surface area contributed by atoms with Gasteiger partial charge in [-0.05, 0) is 62.2 Å². The van der Waals surface area contributed by atoms with Crippen molar-refractivity contribution in [3.8, 4) is 0 Å². The van der Waals surface area contributed by atoms with Crippen molar-refractivity contribution < 1.29 is 24.9 Å². The van der Waals surface area contributed by atoms with Crippen LogP contribution in [0.5, 0.6) is 0 Å². The number of hydrogen-bond donors (Lipinski definition) is 3. The minimum atomic E-state index is -2.06. The summed E-state index contributed by atoms with van der Waals surface area (Å²) >= 11 is 0. The maximum absolute atomic E-state index is 11.3. The first-order valence-corrected chi connectivity index (χ1v) is 12.4. The van der Waals surface area contributed by atoms with E-state index in [0.29, 0.717) is 30.1 Å². The molecule has 0 aliphatic heterocycles. The van der Waals surface area contributed by atoms with E-state index in [0.717, 1.165) is 32.1 Å². The third-order valence-electron chi connectivity index (χ3n) is 7.00. The van der Waals surface area contributed by atoms with Crippen molar-refractivity contribution in [3.63, 3.8) is 0 Å². The Labute approximate surface area is 184 Å². The van der Waals surface area contributed by atoms with Crippen LogP contribution in [0, 0.1) is 17.3 Å². The van der Waals surface area contributed by atoms with Gasteiger partial charge in [-0.15, -0.1) is 0 Å². The molecule has 1 saturated carbocycles. The van der Waals surface area contributed by atoms with Crippen molar-refractivity contribution in [1.82, 2.24) is 0 Å². The second kappa shape index (κ2) is 13.7. The molecule has 0 saturated heterocycles. The number of aliphatic hydroxyl groups is 2. The fourth-order valence-electron chi connectivity index (χ4n) is 4.97. The van der Waals surface area contributed by atoms with Gasteiger partial charge in [-0.25, -0.2) is 4.79 Å². The lowest BCUT2D eigenvalue weighted by atomic mass is 9.79. The smallest absolute Gasteiger partial charge is 0.364 e. The van der Waals surface area contributed by atoms with Crippen molar-refractivity contribution in [2.45, 2.75) is 129 Å². The van der Waals surface area contributed by atoms with Crippen molar-refractivity contribution in [1.29, 1.82) is 0 Å². The van der Waals surface area contributed by atoms with Gasteiger partial charge in [0, 0.05) is 6.42 Å². The maximum atomic E-state index is 11.3. The van der Waals surface area contributed by atoms with Crippen LogP contribution in [-0.4, -0.2) is 39.8 Å². The highest BCUT2D eigenvalue weighted by molar-refractivity contribution is 5.75. The summed E-state index contributed by atoms with van der Waals surface area (Å²) in [6.45, 7) is 9.14. The van der Waals surface area contributed by atoms with Gasteiger partial charge >= 0.3 is 5.97 Å². The minimum absolute atomic E-state index is 0.117. The Balaban J connectivity index is 2.34. The monoisotopic (exact) mass is 428 g/mol. The van der Waals surface area contributed by atoms with Crippen molar-refractivity contribution >= 4 is 5.97 Å². The number of ether oxygens (including phenoxy) is 1. The molecule has 1 rings (SSSR count). The first-order valence-electron chi connectivity index (χ1n) is 12.4. The fourth-order valence-corrected chi connectivity index (χ4v) is 4.97. The predicted octanol–water partition coefficient (Wildman–Crippen LogP) is 5.91. The van der Waals surface area contributed by atoms with Crippen LogP contribution in [0.4, 0.5) is 0 Å². The van der Waals surface area contributed by atoms with Crippen molar-refractivity contribution in [3.05, 3.63) is 0 Å². The summed E-state index contributed by atoms with van der Waals surface area (Å²) in [6, 6.07) is 0. The molecular weight excluding hydrogens is 380 g/mol. The van der Waals surface area contributed by atoms with E-state index in [1.165, 1.54) is 38.5 Å². The molecular formula is C25H48O5. The van der Waals surface area contributed by atoms with Crippen LogP contribution in [0.25, 0.3) is 0 Å². The molecule has 30 heavy (non-hydrogen) atoms. The lowest BCUT2D eigenvalue weighted by Gasteiger charge is -2.27. The molecule has 5 nitrogen and oxygen atoms in total. The topological polar surface area (TPSA) is 87.0 Å². The molecule has 3 N–H and O–H groups in total. The van der Waals surface area contributed by atoms with Crippen LogP contribution >= 0.6 is 0 Å². The fraction of sp³-hybridized carbons (Fsp3) is 0.960. The van der Waals surface area contributed by atoms with E-state index < -0.39 is 11.8 Å². The summed E-state index contributed by atoms with van der Waals surface area (Å²) in [7, 11) is 0. The average molecular weight is 429 g/mol. The number of carboxylic acid groups (broad SMARTS) is 1. The third kappa shape index (κ3) is 9.65. The molecule has 1 unspecified atom stereocenters. The molecule has 4 atom stereocenters. The molecule has 1 aliphatic carbocycles. The summed E-state index contributed by atoms with van der Waals surface area (Å²) in [5, 5.41) is 29.9. The molecule has 0 aromatic carbocycles. The maximum Gasteiger partial charge on any atom is 0.364 e. The van der Waals surface area contributed by atoms with Crippen LogP contribution in [0.15, 0.2) is 0 Å². The standard InChI is InChI=1S/C25H48O5/c1-5-7-16-24(3,4)17-11-12-20-14-15-22(26)21(20)13-9-8-10-18-25(29,23(27)28)30-19-6-2/h20-22,26,29H,5-19H2,1-4H3,(H,27,28)/t20-,21+,22-,25?/m0/s1. The summed E-state index contributed by atoms with van der Waals surface area (Å²) < 4.78 is 5.17. The summed E-state index contributed by atoms with van der Waals surface area (Å²) in [5.74, 6) is -2.37. The van der Waals surface area contributed by atoms with Gasteiger partial charge in [0.25, 0.3) is 5.79 Å². The Morgan fingerprint density at radius 3 is 2.27 bits per heavy atom. The number of carboxylic acids is 1. The van der Waals surface area contributed by atoms with Gasteiger partial charge in [0.05, 0.1) is 12.7 Å². The number of aliphatic hydroxyl groups excluding tert-OH is 1. The Kier molecular flexibility index (Phi) is 12.5. The van der Waals surface area contributed by atoms with E-state index in [1.807, 2.05) is 6.92 Å². The van der Waals surface area contributed by atoms with Gasteiger partial charge in [0.1, 0.15) is 0 Å². The SMILES string of the molecule is CCCCC(C)(C)CCC[C@H]1CC[C@H](O)[C@@H]1CCCCCC(O)(OCCC)C(=O)O. The Morgan fingerprint density at radius 1 is 0.933 bits per heavy atom. The van der Waals surface area contributed by atoms with Crippen LogP contribution in [0.2, 0.25) is 0 Å². The zero-order chi connectivity index (χ0) is 22.6. The second-order valence-corrected chi connectivity index (χ2v) is 10.3. The van der Waals surface area contributed by atoms with Crippen LogP contribution in [0.3, 0.4) is 0 Å². The lowest BCUT2D eigenvalue weighted by Crippen LogP contribution is -2.41. The highest BCUT2D eigenvalue weighted by Gasteiger charge is 2.37. The van der Waals surface area contributed by atoms with Crippen LogP contribution in [-0.2, 0) is 9.53 Å². The van der Waals surface area contributed by atoms with Crippen molar-refractivity contribution in [2.24, 2.45) is 17.3 Å². The third-order valence-corrected chi connectivity index (χ3v) is 7.00. The Hall–Kier alpha value is -0.650. The number of carbonyl (C=O) groups is 1. The first-order chi connectivity index (χ1) is 14.1. The van der Waals surface area contributed by atoms with E-state index in [-0.39, 0.29) is 19.1 Å². The van der Waals surface area contributed by atoms with Crippen LogP contribution < -0.4 is 0 Å². The normalized spacial score (nSPS) is 24.1. The van der Waals surface area contributed by atoms with Gasteiger partial charge in [0.2, 0.25) is 0 Å². The molecule has 0 aromatic heterocycles. The van der Waals surface area contributed by atoms with Gasteiger partial charge in [0.15, 0.2) is 0 Å². The lowest BCUT2D eigenvalue weighted by molar-refractivity contribution is -0.226. The highest BCUT2D eigenvalue weighted by atomic mass is 16.6. The van der Waals surface area contributed by atoms with Crippen molar-refractivity contribution in [2.75, 3.05) is 6.61 Å². The molecule has 0 amide bonds. The zero-order valence-electron chi connectivity index (χ0n) is 20.0. The van der Waals surface area contributed by atoms with E-state index in [4.69, 9.17) is 4.74 Å². The van der Waals surface area contributed by atoms with Crippen LogP contribution in [0.1, 0.15) is 118 Å². The van der Waals surface area contributed by atoms with E-state index in [2.05, 4.69) is 20.8 Å². The Morgan fingerprint density at radius 2 is 1.63 bits per heavy atom. The average Bonchev–Trinajstić information content (AvgIpc) is 3.04.